The highest BCUT2D eigenvalue weighted by Crippen LogP contribution is 2.31. The lowest BCUT2D eigenvalue weighted by molar-refractivity contribution is 0.166. The third-order valence-electron chi connectivity index (χ3n) is 3.58. The molecule has 1 saturated heterocycles. The molecule has 17 heavy (non-hydrogen) atoms. The normalized spacial score (nSPS) is 22.1. The molecule has 2 rings (SSSR count). The van der Waals surface area contributed by atoms with Gasteiger partial charge in [0.05, 0.1) is 0 Å². The Bertz CT molecular complexity index is 392. The quantitative estimate of drug-likeness (QED) is 0.792. The minimum absolute atomic E-state index is 0.0659. The maximum absolute atomic E-state index is 13.8. The zero-order valence-electron chi connectivity index (χ0n) is 10.4. The molecule has 1 aliphatic rings. The van der Waals surface area contributed by atoms with Gasteiger partial charge in [-0.15, -0.1) is 0 Å². The fraction of sp³-hybridized carbons (Fsp3) is 0.571. The van der Waals surface area contributed by atoms with Crippen LogP contribution >= 0.6 is 15.9 Å². The second-order valence-corrected chi connectivity index (χ2v) is 6.01. The first kappa shape index (κ1) is 13.0. The molecular formula is C14H19BrFN. The number of benzene rings is 1. The van der Waals surface area contributed by atoms with Gasteiger partial charge >= 0.3 is 0 Å². The minimum atomic E-state index is -0.0659. The van der Waals surface area contributed by atoms with E-state index in [1.807, 2.05) is 6.07 Å². The molecule has 1 unspecified atom stereocenters. The molecule has 1 aromatic rings. The Morgan fingerprint density at radius 1 is 1.41 bits per heavy atom. The molecule has 0 saturated carbocycles. The van der Waals surface area contributed by atoms with Crippen LogP contribution in [0.3, 0.4) is 0 Å². The van der Waals surface area contributed by atoms with Crippen LogP contribution in [0.15, 0.2) is 22.7 Å². The first-order valence-corrected chi connectivity index (χ1v) is 7.06. The number of piperidine rings is 1. The van der Waals surface area contributed by atoms with Crippen LogP contribution in [0.25, 0.3) is 0 Å². The highest BCUT2D eigenvalue weighted by atomic mass is 79.9. The number of hydrogen-bond donors (Lipinski definition) is 0. The summed E-state index contributed by atoms with van der Waals surface area (Å²) >= 11 is 3.43. The summed E-state index contributed by atoms with van der Waals surface area (Å²) in [5.74, 6) is 0.271. The number of nitrogens with zero attached hydrogens (tertiary/aromatic N) is 1. The van der Waals surface area contributed by atoms with Crippen molar-refractivity contribution >= 4 is 15.9 Å². The van der Waals surface area contributed by atoms with Crippen LogP contribution in [0.2, 0.25) is 0 Å². The fourth-order valence-corrected chi connectivity index (χ4v) is 2.94. The van der Waals surface area contributed by atoms with E-state index in [0.717, 1.165) is 36.0 Å². The number of likely N-dealkylation sites (tertiary alicyclic amines) is 1. The molecule has 0 N–H and O–H groups in total. The molecule has 1 atom stereocenters. The summed E-state index contributed by atoms with van der Waals surface area (Å²) in [6.07, 6.45) is 2.26. The SMILES string of the molecule is CC(C)N1CCCC(c2cc(Br)ccc2F)C1. The van der Waals surface area contributed by atoms with Crippen LogP contribution in [0, 0.1) is 5.82 Å². The maximum atomic E-state index is 13.8. The minimum Gasteiger partial charge on any atom is -0.300 e. The first-order valence-electron chi connectivity index (χ1n) is 6.27. The predicted octanol–water partition coefficient (Wildman–Crippen LogP) is 4.18. The van der Waals surface area contributed by atoms with Gasteiger partial charge in [-0.3, -0.25) is 0 Å². The van der Waals surface area contributed by atoms with Gasteiger partial charge in [0, 0.05) is 17.1 Å². The van der Waals surface area contributed by atoms with Crippen molar-refractivity contribution in [1.82, 2.24) is 4.90 Å². The van der Waals surface area contributed by atoms with Gasteiger partial charge in [0.15, 0.2) is 0 Å². The second-order valence-electron chi connectivity index (χ2n) is 5.09. The lowest BCUT2D eigenvalue weighted by Crippen LogP contribution is -2.39. The van der Waals surface area contributed by atoms with Gasteiger partial charge in [-0.25, -0.2) is 4.39 Å². The Labute approximate surface area is 111 Å². The van der Waals surface area contributed by atoms with E-state index >= 15 is 0 Å². The summed E-state index contributed by atoms with van der Waals surface area (Å²) in [6.45, 7) is 6.54. The Morgan fingerprint density at radius 3 is 2.88 bits per heavy atom. The molecule has 0 bridgehead atoms. The maximum Gasteiger partial charge on any atom is 0.126 e. The molecular weight excluding hydrogens is 281 g/mol. The summed E-state index contributed by atoms with van der Waals surface area (Å²) in [7, 11) is 0. The number of halogens is 2. The van der Waals surface area contributed by atoms with Crippen LogP contribution in [0.4, 0.5) is 4.39 Å². The summed E-state index contributed by atoms with van der Waals surface area (Å²) in [6, 6.07) is 5.81. The number of hydrogen-bond acceptors (Lipinski definition) is 1. The third kappa shape index (κ3) is 3.08. The Kier molecular flexibility index (Phi) is 4.21. The van der Waals surface area contributed by atoms with Crippen LogP contribution in [-0.2, 0) is 0 Å². The molecule has 0 aliphatic carbocycles. The van der Waals surface area contributed by atoms with Gasteiger partial charge in [0.1, 0.15) is 5.82 Å². The Balaban J connectivity index is 2.18. The van der Waals surface area contributed by atoms with Crippen LogP contribution < -0.4 is 0 Å². The molecule has 1 nitrogen and oxygen atoms in total. The lowest BCUT2D eigenvalue weighted by Gasteiger charge is -2.35. The predicted molar refractivity (Wildman–Crippen MR) is 72.8 cm³/mol. The molecule has 1 fully saturated rings. The van der Waals surface area contributed by atoms with E-state index in [1.165, 1.54) is 0 Å². The second kappa shape index (κ2) is 5.49. The topological polar surface area (TPSA) is 3.24 Å². The molecule has 94 valence electrons. The smallest absolute Gasteiger partial charge is 0.126 e. The molecule has 0 spiro atoms. The van der Waals surface area contributed by atoms with Crippen molar-refractivity contribution in [2.45, 2.75) is 38.6 Å². The zero-order valence-corrected chi connectivity index (χ0v) is 12.0. The monoisotopic (exact) mass is 299 g/mol. The first-order chi connectivity index (χ1) is 8.08. The zero-order chi connectivity index (χ0) is 12.4. The van der Waals surface area contributed by atoms with E-state index in [1.54, 1.807) is 12.1 Å². The molecule has 1 heterocycles. The summed E-state index contributed by atoms with van der Waals surface area (Å²) in [5, 5.41) is 0. The van der Waals surface area contributed by atoms with Crippen LogP contribution in [0.1, 0.15) is 38.2 Å². The van der Waals surface area contributed by atoms with Crippen LogP contribution in [0.5, 0.6) is 0 Å². The van der Waals surface area contributed by atoms with E-state index in [-0.39, 0.29) is 5.82 Å². The van der Waals surface area contributed by atoms with Crippen molar-refractivity contribution in [2.75, 3.05) is 13.1 Å². The largest absolute Gasteiger partial charge is 0.300 e. The van der Waals surface area contributed by atoms with Crippen LogP contribution in [-0.4, -0.2) is 24.0 Å². The van der Waals surface area contributed by atoms with Crippen molar-refractivity contribution in [1.29, 1.82) is 0 Å². The van der Waals surface area contributed by atoms with Gasteiger partial charge < -0.3 is 4.90 Å². The van der Waals surface area contributed by atoms with E-state index < -0.39 is 0 Å². The van der Waals surface area contributed by atoms with Crippen molar-refractivity contribution < 1.29 is 4.39 Å². The number of rotatable bonds is 2. The Hall–Kier alpha value is -0.410. The third-order valence-corrected chi connectivity index (χ3v) is 4.07. The van der Waals surface area contributed by atoms with Crippen molar-refractivity contribution in [3.8, 4) is 0 Å². The van der Waals surface area contributed by atoms with Crippen molar-refractivity contribution in [3.63, 3.8) is 0 Å². The van der Waals surface area contributed by atoms with Crippen molar-refractivity contribution in [2.24, 2.45) is 0 Å². The summed E-state index contributed by atoms with van der Waals surface area (Å²) in [5.41, 5.74) is 0.865. The molecule has 1 aliphatic heterocycles. The molecule has 0 aromatic heterocycles. The Morgan fingerprint density at radius 2 is 2.18 bits per heavy atom. The standard InChI is InChI=1S/C14H19BrFN/c1-10(2)17-7-3-4-11(9-17)13-8-12(15)5-6-14(13)16/h5-6,8,10-11H,3-4,7,9H2,1-2H3. The van der Waals surface area contributed by atoms with E-state index in [4.69, 9.17) is 0 Å². The molecule has 0 radical (unpaired) electrons. The molecule has 3 heteroatoms. The summed E-state index contributed by atoms with van der Waals surface area (Å²) in [4.78, 5) is 2.44. The van der Waals surface area contributed by atoms with Crippen molar-refractivity contribution in [3.05, 3.63) is 34.1 Å². The van der Waals surface area contributed by atoms with E-state index in [2.05, 4.69) is 34.7 Å². The van der Waals surface area contributed by atoms with Gasteiger partial charge in [-0.2, -0.15) is 0 Å². The molecule has 0 amide bonds. The van der Waals surface area contributed by atoms with Gasteiger partial charge in [0.25, 0.3) is 0 Å². The average Bonchev–Trinajstić information content (AvgIpc) is 2.32. The average molecular weight is 300 g/mol. The van der Waals surface area contributed by atoms with E-state index in [0.29, 0.717) is 12.0 Å². The van der Waals surface area contributed by atoms with E-state index in [9.17, 15) is 4.39 Å². The van der Waals surface area contributed by atoms with Gasteiger partial charge in [-0.1, -0.05) is 15.9 Å². The van der Waals surface area contributed by atoms with Gasteiger partial charge in [-0.05, 0) is 62.9 Å². The molecule has 1 aromatic carbocycles. The highest BCUT2D eigenvalue weighted by Gasteiger charge is 2.24. The highest BCUT2D eigenvalue weighted by molar-refractivity contribution is 9.10. The lowest BCUT2D eigenvalue weighted by atomic mass is 9.90. The fourth-order valence-electron chi connectivity index (χ4n) is 2.56. The van der Waals surface area contributed by atoms with Gasteiger partial charge in [0.2, 0.25) is 0 Å². The summed E-state index contributed by atoms with van der Waals surface area (Å²) < 4.78 is 14.8.